The van der Waals surface area contributed by atoms with Gasteiger partial charge in [0.25, 0.3) is 0 Å². The lowest BCUT2D eigenvalue weighted by Crippen LogP contribution is -2.59. The van der Waals surface area contributed by atoms with E-state index in [0.29, 0.717) is 36.7 Å². The van der Waals surface area contributed by atoms with Gasteiger partial charge in [0.15, 0.2) is 0 Å². The van der Waals surface area contributed by atoms with Crippen molar-refractivity contribution < 1.29 is 22.9 Å². The first-order chi connectivity index (χ1) is 19.0. The van der Waals surface area contributed by atoms with Gasteiger partial charge in [0.05, 0.1) is 37.6 Å². The van der Waals surface area contributed by atoms with E-state index in [0.717, 1.165) is 53.2 Å². The number of benzene rings is 2. The van der Waals surface area contributed by atoms with Crippen LogP contribution in [0.3, 0.4) is 0 Å². The Kier molecular flexibility index (Phi) is 6.92. The second-order valence-corrected chi connectivity index (χ2v) is 12.9. The molecular formula is C30H36BFN2O4S. The van der Waals surface area contributed by atoms with Crippen LogP contribution in [-0.2, 0) is 26.2 Å². The number of hydrogen-bond acceptors (Lipinski definition) is 7. The van der Waals surface area contributed by atoms with Crippen molar-refractivity contribution in [1.82, 2.24) is 4.72 Å². The molecule has 1 N–H and O–H groups in total. The van der Waals surface area contributed by atoms with Crippen LogP contribution in [0.25, 0.3) is 11.0 Å². The molecule has 5 aliphatic rings. The number of nitrogens with one attached hydrogen (secondary N) is 1. The van der Waals surface area contributed by atoms with E-state index in [4.69, 9.17) is 18.5 Å². The summed E-state index contributed by atoms with van der Waals surface area (Å²) in [6.07, 6.45) is 5.22. The van der Waals surface area contributed by atoms with E-state index in [1.54, 1.807) is 24.1 Å². The molecule has 0 radical (unpaired) electrons. The summed E-state index contributed by atoms with van der Waals surface area (Å²) < 4.78 is 42.8. The van der Waals surface area contributed by atoms with Crippen LogP contribution in [0.4, 0.5) is 10.1 Å². The lowest BCUT2D eigenvalue weighted by atomic mass is 9.47. The van der Waals surface area contributed by atoms with Gasteiger partial charge in [-0.15, -0.1) is 0 Å². The van der Waals surface area contributed by atoms with Crippen molar-refractivity contribution in [3.05, 3.63) is 65.7 Å². The molecule has 0 amide bonds. The molecule has 5 atom stereocenters. The summed E-state index contributed by atoms with van der Waals surface area (Å²) in [7, 11) is -0.340. The van der Waals surface area contributed by atoms with Gasteiger partial charge in [0.1, 0.15) is 11.4 Å². The van der Waals surface area contributed by atoms with Crippen LogP contribution in [0.5, 0.6) is 0 Å². The van der Waals surface area contributed by atoms with Gasteiger partial charge in [0.2, 0.25) is 0 Å². The molecule has 3 saturated carbocycles. The second-order valence-electron chi connectivity index (χ2n) is 12.1. The van der Waals surface area contributed by atoms with E-state index >= 15 is 0 Å². The average Bonchev–Trinajstić information content (AvgIpc) is 3.57. The third kappa shape index (κ3) is 4.91. The first-order valence-electron chi connectivity index (χ1n) is 14.2. The van der Waals surface area contributed by atoms with E-state index in [9.17, 15) is 4.39 Å². The Morgan fingerprint density at radius 1 is 1.13 bits per heavy atom. The molecule has 1 aromatic heterocycles. The fraction of sp³-hybridized carbons (Fsp3) is 0.533. The van der Waals surface area contributed by atoms with Crippen LogP contribution in [0, 0.1) is 23.1 Å². The molecule has 3 heterocycles. The summed E-state index contributed by atoms with van der Waals surface area (Å²) in [4.78, 5) is 2.19. The summed E-state index contributed by atoms with van der Waals surface area (Å²) >= 11 is 1.59. The Morgan fingerprint density at radius 3 is 2.82 bits per heavy atom. The summed E-state index contributed by atoms with van der Waals surface area (Å²) in [5.74, 6) is 1.63. The normalized spacial score (nSPS) is 28.4. The lowest BCUT2D eigenvalue weighted by molar-refractivity contribution is -0.150. The van der Waals surface area contributed by atoms with E-state index in [-0.39, 0.29) is 31.1 Å². The van der Waals surface area contributed by atoms with Gasteiger partial charge < -0.3 is 23.4 Å². The van der Waals surface area contributed by atoms with Crippen molar-refractivity contribution >= 4 is 35.7 Å². The van der Waals surface area contributed by atoms with Gasteiger partial charge in [0, 0.05) is 29.9 Å². The van der Waals surface area contributed by atoms with Gasteiger partial charge in [-0.2, -0.15) is 0 Å². The number of furan rings is 1. The Labute approximate surface area is 234 Å². The SMILES string of the molecule is CC1(C)C2CC3OB(C(Cc4coc5ccccc45)NSCc4cc(F)cc(N5CCOCC5)c4)OC3[C@H]1C2. The largest absolute Gasteiger partial charge is 0.477 e. The zero-order valence-corrected chi connectivity index (χ0v) is 23.4. The molecule has 3 aliphatic carbocycles. The predicted octanol–water partition coefficient (Wildman–Crippen LogP) is 5.64. The van der Waals surface area contributed by atoms with Crippen molar-refractivity contribution in [2.75, 3.05) is 31.2 Å². The molecular weight excluding hydrogens is 514 g/mol. The number of rotatable bonds is 8. The molecule has 3 aromatic rings. The molecule has 2 aliphatic heterocycles. The monoisotopic (exact) mass is 550 g/mol. The highest BCUT2D eigenvalue weighted by Crippen LogP contribution is 2.61. The maximum atomic E-state index is 14.5. The second kappa shape index (κ2) is 10.4. The van der Waals surface area contributed by atoms with Crippen molar-refractivity contribution in [3.8, 4) is 0 Å². The Balaban J connectivity index is 1.07. The third-order valence-electron chi connectivity index (χ3n) is 9.55. The van der Waals surface area contributed by atoms with Gasteiger partial charge in [-0.25, -0.2) is 4.39 Å². The van der Waals surface area contributed by atoms with E-state index in [1.165, 1.54) is 6.42 Å². The molecule has 2 aromatic carbocycles. The van der Waals surface area contributed by atoms with Crippen molar-refractivity contribution in [3.63, 3.8) is 0 Å². The van der Waals surface area contributed by atoms with Crippen LogP contribution < -0.4 is 9.62 Å². The molecule has 6 nitrogen and oxygen atoms in total. The van der Waals surface area contributed by atoms with Gasteiger partial charge in [-0.05, 0) is 71.9 Å². The highest BCUT2D eigenvalue weighted by molar-refractivity contribution is 7.96. The molecule has 0 spiro atoms. The van der Waals surface area contributed by atoms with Gasteiger partial charge in [-0.1, -0.05) is 44.0 Å². The number of halogens is 1. The van der Waals surface area contributed by atoms with Crippen LogP contribution in [-0.4, -0.2) is 51.6 Å². The van der Waals surface area contributed by atoms with Crippen LogP contribution in [0.1, 0.15) is 37.8 Å². The average molecular weight is 551 g/mol. The van der Waals surface area contributed by atoms with E-state index in [1.807, 2.05) is 24.5 Å². The number of fused-ring (bicyclic) bond motifs is 1. The number of hydrogen-bond donors (Lipinski definition) is 1. The Morgan fingerprint density at radius 2 is 1.97 bits per heavy atom. The first kappa shape index (κ1) is 25.9. The topological polar surface area (TPSA) is 56.1 Å². The van der Waals surface area contributed by atoms with Crippen LogP contribution >= 0.6 is 11.9 Å². The fourth-order valence-corrected chi connectivity index (χ4v) is 7.95. The molecule has 206 valence electrons. The van der Waals surface area contributed by atoms with Crippen LogP contribution in [0.2, 0.25) is 0 Å². The number of morpholine rings is 1. The summed E-state index contributed by atoms with van der Waals surface area (Å²) in [6, 6.07) is 13.5. The Bertz CT molecular complexity index is 1330. The fourth-order valence-electron chi connectivity index (χ4n) is 7.13. The van der Waals surface area contributed by atoms with E-state index < -0.39 is 0 Å². The molecule has 8 rings (SSSR count). The minimum absolute atomic E-state index is 0.0748. The van der Waals surface area contributed by atoms with Gasteiger partial charge >= 0.3 is 7.12 Å². The molecule has 4 unspecified atom stereocenters. The van der Waals surface area contributed by atoms with Crippen molar-refractivity contribution in [2.24, 2.45) is 17.3 Å². The summed E-state index contributed by atoms with van der Waals surface area (Å²) in [5, 5.41) is 1.12. The zero-order chi connectivity index (χ0) is 26.6. The smallest absolute Gasteiger partial charge is 0.464 e. The number of nitrogens with zero attached hydrogens (tertiary/aromatic N) is 1. The van der Waals surface area contributed by atoms with Crippen molar-refractivity contribution in [1.29, 1.82) is 0 Å². The number of ether oxygens (including phenoxy) is 1. The standard InChI is InChI=1S/C30H36BFN2O4S/c1-30(2)21-14-25(30)29-27(15-21)37-31(38-29)28(13-20-17-36-26-6-4-3-5-24(20)26)33-39-18-19-11-22(32)16-23(12-19)34-7-9-35-10-8-34/h3-6,11-12,16-17,21,25,27-29,33H,7-10,13-15,18H2,1-2H3/t21?,25-,27?,28?,29?/m1/s1. The summed E-state index contributed by atoms with van der Waals surface area (Å²) in [6.45, 7) is 7.68. The highest BCUT2D eigenvalue weighted by atomic mass is 32.2. The minimum atomic E-state index is -0.340. The lowest BCUT2D eigenvalue weighted by Gasteiger charge is -2.60. The minimum Gasteiger partial charge on any atom is -0.464 e. The van der Waals surface area contributed by atoms with E-state index in [2.05, 4.69) is 35.6 Å². The van der Waals surface area contributed by atoms with Gasteiger partial charge in [-0.3, -0.25) is 4.72 Å². The highest BCUT2D eigenvalue weighted by Gasteiger charge is 2.62. The third-order valence-corrected chi connectivity index (χ3v) is 10.5. The molecule has 2 bridgehead atoms. The molecule has 2 saturated heterocycles. The summed E-state index contributed by atoms with van der Waals surface area (Å²) in [5.41, 5.74) is 4.22. The zero-order valence-electron chi connectivity index (χ0n) is 22.6. The predicted molar refractivity (Wildman–Crippen MR) is 153 cm³/mol. The molecule has 9 heteroatoms. The Hall–Kier alpha value is -2.04. The number of para-hydroxylation sites is 1. The maximum Gasteiger partial charge on any atom is 0.477 e. The maximum absolute atomic E-state index is 14.5. The molecule has 5 fully saturated rings. The number of anilines is 1. The quantitative estimate of drug-likeness (QED) is 0.288. The van der Waals surface area contributed by atoms with Crippen molar-refractivity contribution in [2.45, 2.75) is 57.0 Å². The first-order valence-corrected chi connectivity index (χ1v) is 15.2. The molecule has 39 heavy (non-hydrogen) atoms. The van der Waals surface area contributed by atoms with Crippen LogP contribution in [0.15, 0.2) is 53.1 Å².